The summed E-state index contributed by atoms with van der Waals surface area (Å²) in [6.45, 7) is 1.80. The fourth-order valence-electron chi connectivity index (χ4n) is 2.70. The number of nitrogens with zero attached hydrogens (tertiary/aromatic N) is 5. The fraction of sp³-hybridized carbons (Fsp3) is 0.533. The van der Waals surface area contributed by atoms with Crippen molar-refractivity contribution in [2.45, 2.75) is 49.4 Å². The zero-order valence-corrected chi connectivity index (χ0v) is 15.2. The molecule has 2 heterocycles. The molecule has 1 atom stereocenters. The van der Waals surface area contributed by atoms with Crippen LogP contribution in [0.4, 0.5) is 5.00 Å². The summed E-state index contributed by atoms with van der Waals surface area (Å²) in [6, 6.07) is 2.28. The predicted molar refractivity (Wildman–Crippen MR) is 93.0 cm³/mol. The summed E-state index contributed by atoms with van der Waals surface area (Å²) in [5, 5.41) is 24.6. The normalized spacial score (nSPS) is 15.2. The molecule has 126 valence electrons. The van der Waals surface area contributed by atoms with Crippen LogP contribution in [-0.4, -0.2) is 31.4 Å². The molecule has 1 unspecified atom stereocenters. The van der Waals surface area contributed by atoms with Crippen LogP contribution >= 0.6 is 23.1 Å². The van der Waals surface area contributed by atoms with Crippen LogP contribution in [0.25, 0.3) is 0 Å². The predicted octanol–water partition coefficient (Wildman–Crippen LogP) is 2.53. The van der Waals surface area contributed by atoms with Crippen LogP contribution < -0.4 is 5.32 Å². The molecule has 0 saturated carbocycles. The van der Waals surface area contributed by atoms with E-state index in [4.69, 9.17) is 0 Å². The van der Waals surface area contributed by atoms with E-state index < -0.39 is 0 Å². The first-order chi connectivity index (χ1) is 11.6. The van der Waals surface area contributed by atoms with E-state index in [1.807, 2.05) is 0 Å². The molecule has 0 fully saturated rings. The first-order valence-electron chi connectivity index (χ1n) is 7.84. The van der Waals surface area contributed by atoms with Gasteiger partial charge in [0.15, 0.2) is 0 Å². The lowest BCUT2D eigenvalue weighted by Crippen LogP contribution is -2.22. The standard InChI is InChI=1S/C15H18N6OS2/c1-9(23-15-18-19-20-21(15)2)13(22)17-14-11(8-16)10-6-4-3-5-7-12(10)24-14/h9H,3-7H2,1-2H3,(H,17,22). The van der Waals surface area contributed by atoms with Gasteiger partial charge < -0.3 is 5.32 Å². The van der Waals surface area contributed by atoms with Crippen molar-refractivity contribution >= 4 is 34.0 Å². The van der Waals surface area contributed by atoms with E-state index >= 15 is 0 Å². The Morgan fingerprint density at radius 2 is 2.21 bits per heavy atom. The topological polar surface area (TPSA) is 96.5 Å². The van der Waals surface area contributed by atoms with Crippen LogP contribution in [0.3, 0.4) is 0 Å². The number of fused-ring (bicyclic) bond motifs is 1. The number of rotatable bonds is 4. The molecule has 1 aliphatic rings. The van der Waals surface area contributed by atoms with Gasteiger partial charge in [0, 0.05) is 11.9 Å². The number of tetrazole rings is 1. The second kappa shape index (κ2) is 7.32. The van der Waals surface area contributed by atoms with Gasteiger partial charge in [-0.3, -0.25) is 4.79 Å². The smallest absolute Gasteiger partial charge is 0.238 e. The summed E-state index contributed by atoms with van der Waals surface area (Å²) in [5.74, 6) is -0.143. The number of carbonyl (C=O) groups is 1. The SMILES string of the molecule is CC(Sc1nnnn1C)C(=O)Nc1sc2c(c1C#N)CCCCC2. The Bertz CT molecular complexity index is 790. The number of carbonyl (C=O) groups excluding carboxylic acids is 1. The number of thioether (sulfide) groups is 1. The highest BCUT2D eigenvalue weighted by atomic mass is 32.2. The Kier molecular flexibility index (Phi) is 5.16. The van der Waals surface area contributed by atoms with Gasteiger partial charge in [0.05, 0.1) is 10.8 Å². The number of nitrogens with one attached hydrogen (secondary N) is 1. The molecule has 1 amide bonds. The number of nitriles is 1. The van der Waals surface area contributed by atoms with Gasteiger partial charge in [0.25, 0.3) is 0 Å². The third kappa shape index (κ3) is 3.44. The van der Waals surface area contributed by atoms with Crippen molar-refractivity contribution in [3.8, 4) is 6.07 Å². The first kappa shape index (κ1) is 16.9. The Morgan fingerprint density at radius 3 is 2.92 bits per heavy atom. The Morgan fingerprint density at radius 1 is 1.42 bits per heavy atom. The van der Waals surface area contributed by atoms with Crippen LogP contribution in [0, 0.1) is 11.3 Å². The Labute approximate surface area is 148 Å². The van der Waals surface area contributed by atoms with E-state index in [1.54, 1.807) is 25.3 Å². The van der Waals surface area contributed by atoms with E-state index in [2.05, 4.69) is 26.9 Å². The molecular weight excluding hydrogens is 344 g/mol. The second-order valence-electron chi connectivity index (χ2n) is 5.71. The van der Waals surface area contributed by atoms with Crippen molar-refractivity contribution in [1.82, 2.24) is 20.2 Å². The van der Waals surface area contributed by atoms with Gasteiger partial charge in [-0.2, -0.15) is 5.26 Å². The van der Waals surface area contributed by atoms with E-state index in [-0.39, 0.29) is 11.2 Å². The third-order valence-electron chi connectivity index (χ3n) is 4.00. The van der Waals surface area contributed by atoms with Crippen LogP contribution in [-0.2, 0) is 24.7 Å². The summed E-state index contributed by atoms with van der Waals surface area (Å²) < 4.78 is 1.53. The van der Waals surface area contributed by atoms with Crippen LogP contribution in [0.2, 0.25) is 0 Å². The van der Waals surface area contributed by atoms with Crippen molar-refractivity contribution in [2.75, 3.05) is 5.32 Å². The summed E-state index contributed by atoms with van der Waals surface area (Å²) in [7, 11) is 1.73. The molecule has 0 saturated heterocycles. The monoisotopic (exact) mass is 362 g/mol. The molecule has 9 heteroatoms. The minimum Gasteiger partial charge on any atom is -0.316 e. The lowest BCUT2D eigenvalue weighted by Gasteiger charge is -2.10. The maximum atomic E-state index is 12.5. The lowest BCUT2D eigenvalue weighted by molar-refractivity contribution is -0.115. The third-order valence-corrected chi connectivity index (χ3v) is 6.33. The van der Waals surface area contributed by atoms with Gasteiger partial charge in [0.1, 0.15) is 11.1 Å². The molecular formula is C15H18N6OS2. The second-order valence-corrected chi connectivity index (χ2v) is 8.13. The quantitative estimate of drug-likeness (QED) is 0.663. The highest BCUT2D eigenvalue weighted by Crippen LogP contribution is 2.37. The van der Waals surface area contributed by atoms with Gasteiger partial charge in [-0.1, -0.05) is 18.2 Å². The molecule has 3 rings (SSSR count). The average molecular weight is 362 g/mol. The van der Waals surface area contributed by atoms with Gasteiger partial charge in [0.2, 0.25) is 11.1 Å². The molecule has 0 aromatic carbocycles. The maximum absolute atomic E-state index is 12.5. The molecule has 2 aromatic rings. The molecule has 24 heavy (non-hydrogen) atoms. The van der Waals surface area contributed by atoms with Gasteiger partial charge in [-0.25, -0.2) is 4.68 Å². The zero-order chi connectivity index (χ0) is 17.1. The molecule has 2 aromatic heterocycles. The van der Waals surface area contributed by atoms with Crippen molar-refractivity contribution in [1.29, 1.82) is 5.26 Å². The van der Waals surface area contributed by atoms with E-state index in [0.29, 0.717) is 15.7 Å². The highest BCUT2D eigenvalue weighted by Gasteiger charge is 2.23. The lowest BCUT2D eigenvalue weighted by atomic mass is 10.1. The van der Waals surface area contributed by atoms with Gasteiger partial charge in [-0.15, -0.1) is 16.4 Å². The minimum atomic E-state index is -0.358. The summed E-state index contributed by atoms with van der Waals surface area (Å²) in [6.07, 6.45) is 5.39. The van der Waals surface area contributed by atoms with Gasteiger partial charge in [-0.05, 0) is 48.6 Å². The van der Waals surface area contributed by atoms with Crippen molar-refractivity contribution in [2.24, 2.45) is 7.05 Å². The Balaban J connectivity index is 1.74. The Hall–Kier alpha value is -1.92. The number of anilines is 1. The molecule has 0 aliphatic heterocycles. The number of hydrogen-bond acceptors (Lipinski definition) is 7. The van der Waals surface area contributed by atoms with Crippen molar-refractivity contribution < 1.29 is 4.79 Å². The van der Waals surface area contributed by atoms with E-state index in [9.17, 15) is 10.1 Å². The first-order valence-corrected chi connectivity index (χ1v) is 9.54. The minimum absolute atomic E-state index is 0.143. The molecule has 1 N–H and O–H groups in total. The zero-order valence-electron chi connectivity index (χ0n) is 13.6. The largest absolute Gasteiger partial charge is 0.316 e. The number of aromatic nitrogens is 4. The number of aryl methyl sites for hydroxylation is 2. The number of amides is 1. The van der Waals surface area contributed by atoms with Crippen LogP contribution in [0.5, 0.6) is 0 Å². The molecule has 0 spiro atoms. The van der Waals surface area contributed by atoms with E-state index in [0.717, 1.165) is 31.2 Å². The summed E-state index contributed by atoms with van der Waals surface area (Å²) in [5.41, 5.74) is 1.77. The van der Waals surface area contributed by atoms with Crippen molar-refractivity contribution in [3.63, 3.8) is 0 Å². The van der Waals surface area contributed by atoms with Crippen LogP contribution in [0.15, 0.2) is 5.16 Å². The van der Waals surface area contributed by atoms with Crippen molar-refractivity contribution in [3.05, 3.63) is 16.0 Å². The maximum Gasteiger partial charge on any atom is 0.238 e. The number of hydrogen-bond donors (Lipinski definition) is 1. The average Bonchev–Trinajstić information content (AvgIpc) is 3.02. The highest BCUT2D eigenvalue weighted by molar-refractivity contribution is 8.00. The van der Waals surface area contributed by atoms with E-state index in [1.165, 1.54) is 27.7 Å². The molecule has 0 bridgehead atoms. The number of thiophene rings is 1. The summed E-state index contributed by atoms with van der Waals surface area (Å²) in [4.78, 5) is 13.7. The van der Waals surface area contributed by atoms with Gasteiger partial charge >= 0.3 is 0 Å². The fourth-order valence-corrected chi connectivity index (χ4v) is 4.69. The molecule has 1 aliphatic carbocycles. The van der Waals surface area contributed by atoms with Crippen LogP contribution in [0.1, 0.15) is 42.2 Å². The molecule has 0 radical (unpaired) electrons. The summed E-state index contributed by atoms with van der Waals surface area (Å²) >= 11 is 2.84. The molecule has 7 nitrogen and oxygen atoms in total.